The van der Waals surface area contributed by atoms with Gasteiger partial charge >= 0.3 is 13.3 Å². The number of carbonyl (C=O) groups excluding carboxylic acids is 1. The second-order valence-electron chi connectivity index (χ2n) is 8.99. The average molecular weight is 433 g/mol. The molecule has 2 aromatic carbocycles. The summed E-state index contributed by atoms with van der Waals surface area (Å²) in [6, 6.07) is 10.2. The second-order valence-corrected chi connectivity index (χ2v) is 8.99. The predicted octanol–water partition coefficient (Wildman–Crippen LogP) is 5.06. The van der Waals surface area contributed by atoms with Crippen LogP contribution in [0.25, 0.3) is 0 Å². The smallest absolute Gasteiger partial charge is 0.399 e. The molecule has 166 valence electrons. The summed E-state index contributed by atoms with van der Waals surface area (Å²) in [5.41, 5.74) is 0.822. The van der Waals surface area contributed by atoms with Gasteiger partial charge in [0, 0.05) is 5.69 Å². The topological polar surface area (TPSA) is 47.6 Å². The highest BCUT2D eigenvalue weighted by Gasteiger charge is 2.52. The van der Waals surface area contributed by atoms with E-state index in [9.17, 15) is 18.0 Å². The van der Waals surface area contributed by atoms with Crippen molar-refractivity contribution in [1.29, 1.82) is 0 Å². The Kier molecular flexibility index (Phi) is 6.02. The van der Waals surface area contributed by atoms with E-state index in [1.807, 2.05) is 52.8 Å². The number of nitrogens with one attached hydrogen (secondary N) is 1. The van der Waals surface area contributed by atoms with Crippen molar-refractivity contribution in [3.8, 4) is 0 Å². The fourth-order valence-corrected chi connectivity index (χ4v) is 3.33. The molecule has 1 heterocycles. The Morgan fingerprint density at radius 1 is 1.03 bits per heavy atom. The van der Waals surface area contributed by atoms with Crippen LogP contribution in [0.3, 0.4) is 0 Å². The highest BCUT2D eigenvalue weighted by Crippen LogP contribution is 2.37. The Bertz CT molecular complexity index is 972. The third-order valence-corrected chi connectivity index (χ3v) is 6.16. The molecule has 31 heavy (non-hydrogen) atoms. The fourth-order valence-electron chi connectivity index (χ4n) is 3.33. The van der Waals surface area contributed by atoms with Gasteiger partial charge in [-0.05, 0) is 70.8 Å². The monoisotopic (exact) mass is 433 g/mol. The summed E-state index contributed by atoms with van der Waals surface area (Å²) in [5, 5.41) is 2.58. The lowest BCUT2D eigenvalue weighted by atomic mass is 9.74. The Balaban J connectivity index is 1.81. The predicted molar refractivity (Wildman–Crippen MR) is 115 cm³/mol. The van der Waals surface area contributed by atoms with Gasteiger partial charge in [0.25, 0.3) is 0 Å². The second kappa shape index (κ2) is 7.99. The van der Waals surface area contributed by atoms with E-state index in [4.69, 9.17) is 9.31 Å². The highest BCUT2D eigenvalue weighted by molar-refractivity contribution is 6.62. The van der Waals surface area contributed by atoms with Crippen molar-refractivity contribution in [3.05, 3.63) is 59.2 Å². The number of rotatable bonds is 4. The van der Waals surface area contributed by atoms with Crippen LogP contribution >= 0.6 is 0 Å². The van der Waals surface area contributed by atoms with Gasteiger partial charge in [0.15, 0.2) is 0 Å². The minimum Gasteiger partial charge on any atom is -0.399 e. The van der Waals surface area contributed by atoms with E-state index in [0.29, 0.717) is 0 Å². The van der Waals surface area contributed by atoms with Gasteiger partial charge in [-0.15, -0.1) is 0 Å². The third kappa shape index (κ3) is 4.80. The average Bonchev–Trinajstić information content (AvgIpc) is 2.88. The van der Waals surface area contributed by atoms with Gasteiger partial charge in [-0.3, -0.25) is 4.79 Å². The summed E-state index contributed by atoms with van der Waals surface area (Å²) in [7, 11) is -0.566. The molecule has 0 aromatic heterocycles. The standard InChI is InChI=1S/C23H27BF3NO3/c1-14-10-11-16(12-19(14)24-30-21(3,4)22(5,6)31-24)15(2)20(29)28-18-9-7-8-17(13-18)23(25,26)27/h7-13,15H,1-6H3,(H,28,29). The Morgan fingerprint density at radius 2 is 1.65 bits per heavy atom. The van der Waals surface area contributed by atoms with Gasteiger partial charge in [-0.25, -0.2) is 0 Å². The molecule has 1 fully saturated rings. The molecule has 1 aliphatic heterocycles. The van der Waals surface area contributed by atoms with Crippen molar-refractivity contribution in [2.24, 2.45) is 0 Å². The normalized spacial score (nSPS) is 18.7. The number of aryl methyl sites for hydroxylation is 1. The van der Waals surface area contributed by atoms with E-state index in [0.717, 1.165) is 28.7 Å². The molecule has 8 heteroatoms. The number of alkyl halides is 3. The number of carbonyl (C=O) groups is 1. The number of halogens is 3. The van der Waals surface area contributed by atoms with Crippen molar-refractivity contribution in [2.45, 2.75) is 64.8 Å². The van der Waals surface area contributed by atoms with Gasteiger partial charge in [0.05, 0.1) is 22.7 Å². The van der Waals surface area contributed by atoms with Crippen LogP contribution < -0.4 is 10.8 Å². The molecule has 1 N–H and O–H groups in total. The summed E-state index contributed by atoms with van der Waals surface area (Å²) >= 11 is 0. The lowest BCUT2D eigenvalue weighted by Gasteiger charge is -2.32. The SMILES string of the molecule is Cc1ccc(C(C)C(=O)Nc2cccc(C(F)(F)F)c2)cc1B1OC(C)(C)C(C)(C)O1. The zero-order chi connectivity index (χ0) is 23.2. The van der Waals surface area contributed by atoms with Crippen molar-refractivity contribution >= 4 is 24.2 Å². The fraction of sp³-hybridized carbons (Fsp3) is 0.435. The lowest BCUT2D eigenvalue weighted by molar-refractivity contribution is -0.137. The van der Waals surface area contributed by atoms with Gasteiger partial charge in [-0.1, -0.05) is 29.8 Å². The minimum absolute atomic E-state index is 0.102. The Labute approximate surface area is 181 Å². The van der Waals surface area contributed by atoms with Crippen molar-refractivity contribution < 1.29 is 27.3 Å². The molecule has 0 bridgehead atoms. The molecule has 1 atom stereocenters. The molecular formula is C23H27BF3NO3. The molecule has 1 saturated heterocycles. The van der Waals surface area contributed by atoms with Crippen LogP contribution in [0, 0.1) is 6.92 Å². The molecule has 3 rings (SSSR count). The number of benzene rings is 2. The molecule has 0 saturated carbocycles. The highest BCUT2D eigenvalue weighted by atomic mass is 19.4. The molecule has 2 aromatic rings. The summed E-state index contributed by atoms with van der Waals surface area (Å²) in [4.78, 5) is 12.7. The van der Waals surface area contributed by atoms with Crippen LogP contribution in [0.1, 0.15) is 57.2 Å². The maximum Gasteiger partial charge on any atom is 0.495 e. The zero-order valence-electron chi connectivity index (χ0n) is 18.6. The van der Waals surface area contributed by atoms with Crippen LogP contribution in [-0.4, -0.2) is 24.2 Å². The number of hydrogen-bond donors (Lipinski definition) is 1. The van der Waals surface area contributed by atoms with E-state index < -0.39 is 41.9 Å². The maximum absolute atomic E-state index is 12.9. The summed E-state index contributed by atoms with van der Waals surface area (Å²) in [5.74, 6) is -0.987. The van der Waals surface area contributed by atoms with Gasteiger partial charge in [0.1, 0.15) is 0 Å². The molecule has 0 radical (unpaired) electrons. The van der Waals surface area contributed by atoms with Crippen LogP contribution in [0.4, 0.5) is 18.9 Å². The third-order valence-electron chi connectivity index (χ3n) is 6.16. The molecule has 0 spiro atoms. The van der Waals surface area contributed by atoms with Gasteiger partial charge in [0.2, 0.25) is 5.91 Å². The molecule has 4 nitrogen and oxygen atoms in total. The quantitative estimate of drug-likeness (QED) is 0.687. The summed E-state index contributed by atoms with van der Waals surface area (Å²) in [6.45, 7) is 11.5. The number of anilines is 1. The first-order chi connectivity index (χ1) is 14.2. The first kappa shape index (κ1) is 23.4. The molecular weight excluding hydrogens is 406 g/mol. The van der Waals surface area contributed by atoms with Crippen LogP contribution in [0.5, 0.6) is 0 Å². The minimum atomic E-state index is -4.47. The van der Waals surface area contributed by atoms with Crippen LogP contribution in [-0.2, 0) is 20.3 Å². The van der Waals surface area contributed by atoms with Gasteiger partial charge < -0.3 is 14.6 Å². The first-order valence-corrected chi connectivity index (χ1v) is 10.2. The van der Waals surface area contributed by atoms with E-state index in [1.165, 1.54) is 12.1 Å². The van der Waals surface area contributed by atoms with Crippen molar-refractivity contribution in [1.82, 2.24) is 0 Å². The van der Waals surface area contributed by atoms with E-state index in [-0.39, 0.29) is 5.69 Å². The molecule has 1 unspecified atom stereocenters. The van der Waals surface area contributed by atoms with Crippen molar-refractivity contribution in [3.63, 3.8) is 0 Å². The summed E-state index contributed by atoms with van der Waals surface area (Å²) in [6.07, 6.45) is -4.47. The van der Waals surface area contributed by atoms with Crippen molar-refractivity contribution in [2.75, 3.05) is 5.32 Å². The Morgan fingerprint density at radius 3 is 2.23 bits per heavy atom. The van der Waals surface area contributed by atoms with Crippen LogP contribution in [0.15, 0.2) is 42.5 Å². The van der Waals surface area contributed by atoms with E-state index >= 15 is 0 Å². The molecule has 1 amide bonds. The molecule has 1 aliphatic rings. The number of amides is 1. The Hall–Kier alpha value is -2.32. The van der Waals surface area contributed by atoms with E-state index in [2.05, 4.69) is 5.32 Å². The molecule has 0 aliphatic carbocycles. The zero-order valence-corrected chi connectivity index (χ0v) is 18.6. The summed E-state index contributed by atoms with van der Waals surface area (Å²) < 4.78 is 51.1. The maximum atomic E-state index is 12.9. The largest absolute Gasteiger partial charge is 0.495 e. The van der Waals surface area contributed by atoms with Crippen LogP contribution in [0.2, 0.25) is 0 Å². The lowest BCUT2D eigenvalue weighted by Crippen LogP contribution is -2.41. The van der Waals surface area contributed by atoms with Gasteiger partial charge in [-0.2, -0.15) is 13.2 Å². The van der Waals surface area contributed by atoms with E-state index in [1.54, 1.807) is 6.92 Å². The number of hydrogen-bond acceptors (Lipinski definition) is 3. The first-order valence-electron chi connectivity index (χ1n) is 10.2.